The number of para-hydroxylation sites is 4. The number of rotatable bonds is 8. The first-order valence-corrected chi connectivity index (χ1v) is 20.6. The second-order valence-corrected chi connectivity index (χ2v) is 15.3. The van der Waals surface area contributed by atoms with E-state index in [1.54, 1.807) is 12.1 Å². The molecule has 56 heavy (non-hydrogen) atoms. The molecule has 8 aromatic rings. The van der Waals surface area contributed by atoms with E-state index < -0.39 is 7.12 Å². The maximum absolute atomic E-state index is 9.23. The fourth-order valence-electron chi connectivity index (χ4n) is 5.92. The predicted molar refractivity (Wildman–Crippen MR) is 252 cm³/mol. The van der Waals surface area contributed by atoms with E-state index in [0.29, 0.717) is 5.46 Å². The molecule has 0 bridgehead atoms. The molecule has 0 spiro atoms. The van der Waals surface area contributed by atoms with Crippen LogP contribution in [0.5, 0.6) is 0 Å². The summed E-state index contributed by atoms with van der Waals surface area (Å²) < 4.78 is 3.53. The summed E-state index contributed by atoms with van der Waals surface area (Å²) in [7, 11) is -1.45. The van der Waals surface area contributed by atoms with Gasteiger partial charge in [-0.2, -0.15) is 0 Å². The van der Waals surface area contributed by atoms with E-state index >= 15 is 0 Å². The number of halogens is 3. The molecule has 0 unspecified atom stereocenters. The fourth-order valence-corrected chi connectivity index (χ4v) is 7.11. The minimum Gasteiger partial charge on any atom is -0.423 e. The van der Waals surface area contributed by atoms with Gasteiger partial charge in [0.2, 0.25) is 0 Å². The number of hydrogen-bond donors (Lipinski definition) is 2. The van der Waals surface area contributed by atoms with Crippen molar-refractivity contribution in [1.82, 2.24) is 0 Å². The van der Waals surface area contributed by atoms with E-state index in [4.69, 9.17) is 0 Å². The van der Waals surface area contributed by atoms with Crippen LogP contribution in [0, 0.1) is 3.57 Å². The molecule has 2 N–H and O–H groups in total. The van der Waals surface area contributed by atoms with E-state index in [1.807, 2.05) is 109 Å². The molecule has 0 aliphatic carbocycles. The second kappa shape index (κ2) is 20.8. The minimum absolute atomic E-state index is 0.477. The first-order chi connectivity index (χ1) is 27.4. The van der Waals surface area contributed by atoms with Gasteiger partial charge in [0, 0.05) is 46.6 Å². The summed E-state index contributed by atoms with van der Waals surface area (Å²) >= 11 is 9.31. The van der Waals surface area contributed by atoms with Crippen LogP contribution in [0.25, 0.3) is 11.1 Å². The van der Waals surface area contributed by atoms with Gasteiger partial charge in [0.05, 0.1) is 0 Å². The van der Waals surface area contributed by atoms with E-state index in [9.17, 15) is 10.0 Å². The molecular formula is C48H38BBr2IN2O2. The van der Waals surface area contributed by atoms with Gasteiger partial charge in [-0.05, 0) is 146 Å². The van der Waals surface area contributed by atoms with Crippen molar-refractivity contribution in [1.29, 1.82) is 0 Å². The molecule has 0 amide bonds. The van der Waals surface area contributed by atoms with Crippen LogP contribution in [0.4, 0.5) is 34.1 Å². The van der Waals surface area contributed by atoms with Crippen molar-refractivity contribution < 1.29 is 10.0 Å². The summed E-state index contributed by atoms with van der Waals surface area (Å²) in [6, 6.07) is 73.4. The van der Waals surface area contributed by atoms with Gasteiger partial charge in [-0.25, -0.2) is 0 Å². The Morgan fingerprint density at radius 2 is 0.679 bits per heavy atom. The van der Waals surface area contributed by atoms with Gasteiger partial charge in [-0.1, -0.05) is 143 Å². The average molecular weight is 972 g/mol. The molecule has 276 valence electrons. The topological polar surface area (TPSA) is 46.9 Å². The van der Waals surface area contributed by atoms with Gasteiger partial charge in [-0.15, -0.1) is 0 Å². The maximum Gasteiger partial charge on any atom is 0.488 e. The number of benzene rings is 8. The highest BCUT2D eigenvalue weighted by Crippen LogP contribution is 2.37. The van der Waals surface area contributed by atoms with Crippen LogP contribution in [0.3, 0.4) is 0 Å². The maximum atomic E-state index is 9.23. The van der Waals surface area contributed by atoms with Crippen LogP contribution >= 0.6 is 54.5 Å². The van der Waals surface area contributed by atoms with Crippen molar-refractivity contribution in [2.75, 3.05) is 9.80 Å². The molecule has 0 radical (unpaired) electrons. The number of nitrogens with zero attached hydrogens (tertiary/aromatic N) is 2. The van der Waals surface area contributed by atoms with Crippen LogP contribution in [-0.4, -0.2) is 17.2 Å². The third-order valence-electron chi connectivity index (χ3n) is 8.64. The Bertz CT molecular complexity index is 2270. The van der Waals surface area contributed by atoms with E-state index in [-0.39, 0.29) is 0 Å². The smallest absolute Gasteiger partial charge is 0.423 e. The second-order valence-electron chi connectivity index (χ2n) is 12.4. The Balaban J connectivity index is 0.000000160. The van der Waals surface area contributed by atoms with E-state index in [0.717, 1.165) is 38.6 Å². The zero-order valence-electron chi connectivity index (χ0n) is 30.3. The Labute approximate surface area is 360 Å². The molecule has 0 aliphatic rings. The Morgan fingerprint density at radius 3 is 1.02 bits per heavy atom. The van der Waals surface area contributed by atoms with Crippen LogP contribution in [0.2, 0.25) is 0 Å². The summed E-state index contributed by atoms with van der Waals surface area (Å²) in [5.74, 6) is 0. The fraction of sp³-hybridized carbons (Fsp3) is 0. The third kappa shape index (κ3) is 11.1. The van der Waals surface area contributed by atoms with E-state index in [2.05, 4.69) is 161 Å². The lowest BCUT2D eigenvalue weighted by Gasteiger charge is -2.25. The highest BCUT2D eigenvalue weighted by atomic mass is 127. The van der Waals surface area contributed by atoms with E-state index in [1.165, 1.54) is 19.2 Å². The van der Waals surface area contributed by atoms with Crippen molar-refractivity contribution in [3.05, 3.63) is 231 Å². The monoisotopic (exact) mass is 970 g/mol. The van der Waals surface area contributed by atoms with Crippen LogP contribution in [-0.2, 0) is 0 Å². The highest BCUT2D eigenvalue weighted by Gasteiger charge is 2.15. The normalized spacial score (nSPS) is 10.2. The summed E-state index contributed by atoms with van der Waals surface area (Å²) in [4.78, 5) is 4.39. The molecule has 0 aliphatic heterocycles. The number of anilines is 6. The molecule has 8 rings (SSSR count). The van der Waals surface area contributed by atoms with Crippen molar-refractivity contribution in [2.45, 2.75) is 0 Å². The van der Waals surface area contributed by atoms with Crippen molar-refractivity contribution in [3.63, 3.8) is 0 Å². The molecule has 0 atom stereocenters. The molecule has 8 heteroatoms. The van der Waals surface area contributed by atoms with Crippen LogP contribution in [0.15, 0.2) is 227 Å². The minimum atomic E-state index is -1.45. The van der Waals surface area contributed by atoms with Gasteiger partial charge < -0.3 is 19.8 Å². The van der Waals surface area contributed by atoms with Gasteiger partial charge in [0.25, 0.3) is 0 Å². The first kappa shape index (κ1) is 40.7. The molecule has 8 aromatic carbocycles. The largest absolute Gasteiger partial charge is 0.488 e. The highest BCUT2D eigenvalue weighted by molar-refractivity contribution is 14.1. The Kier molecular flexibility index (Phi) is 15.1. The quantitative estimate of drug-likeness (QED) is 0.118. The predicted octanol–water partition coefficient (Wildman–Crippen LogP) is 13.5. The molecule has 0 fully saturated rings. The van der Waals surface area contributed by atoms with Crippen molar-refractivity contribution in [3.8, 4) is 11.1 Å². The molecule has 0 heterocycles. The summed E-state index contributed by atoms with van der Waals surface area (Å²) in [5, 5.41) is 18.5. The molecule has 0 saturated carbocycles. The zero-order valence-corrected chi connectivity index (χ0v) is 35.6. The van der Waals surface area contributed by atoms with Crippen molar-refractivity contribution in [2.24, 2.45) is 0 Å². The third-order valence-corrected chi connectivity index (χ3v) is 11.7. The van der Waals surface area contributed by atoms with Gasteiger partial charge in [-0.3, -0.25) is 0 Å². The number of hydrogen-bond acceptors (Lipinski definition) is 4. The molecule has 4 nitrogen and oxygen atoms in total. The zero-order chi connectivity index (χ0) is 39.1. The summed E-state index contributed by atoms with van der Waals surface area (Å²) in [6.45, 7) is 0. The molecule has 0 aromatic heterocycles. The Morgan fingerprint density at radius 1 is 0.357 bits per heavy atom. The lowest BCUT2D eigenvalue weighted by molar-refractivity contribution is 0.426. The lowest BCUT2D eigenvalue weighted by atomic mass is 9.80. The van der Waals surface area contributed by atoms with Gasteiger partial charge in [0.1, 0.15) is 0 Å². The van der Waals surface area contributed by atoms with Crippen molar-refractivity contribution >= 4 is 101 Å². The van der Waals surface area contributed by atoms with Crippen LogP contribution < -0.4 is 15.3 Å². The Hall–Kier alpha value is -4.97. The van der Waals surface area contributed by atoms with Gasteiger partial charge >= 0.3 is 7.12 Å². The molecular weight excluding hydrogens is 934 g/mol. The SMILES string of the molecule is Brc1ccccc1-c1ccc(N(c2ccccc2)c2ccccc2)cc1.Brc1ccccc1I.OB(O)c1ccc(N(c2ccccc2)c2ccccc2)cc1. The average Bonchev–Trinajstić information content (AvgIpc) is 3.25. The molecule has 0 saturated heterocycles. The summed E-state index contributed by atoms with van der Waals surface area (Å²) in [6.07, 6.45) is 0. The summed E-state index contributed by atoms with van der Waals surface area (Å²) in [5.41, 5.74) is 9.36. The van der Waals surface area contributed by atoms with Gasteiger partial charge in [0.15, 0.2) is 0 Å². The van der Waals surface area contributed by atoms with Crippen LogP contribution in [0.1, 0.15) is 0 Å². The lowest BCUT2D eigenvalue weighted by Crippen LogP contribution is -2.29. The standard InChI is InChI=1S/C24H18BrN.C18H16BNO2.C6H4BrI/c25-24-14-8-7-13-23(24)19-15-17-22(18-16-19)26(20-9-3-1-4-10-20)21-11-5-2-6-12-21;21-19(22)15-11-13-18(14-12-15)20(16-7-3-1-4-8-16)17-9-5-2-6-10-17;7-5-3-1-2-4-6(5)8/h1-18H;1-14,21-22H;1-4H. The first-order valence-electron chi connectivity index (χ1n) is 17.9.